The number of hydrogen-bond acceptors (Lipinski definition) is 1. The summed E-state index contributed by atoms with van der Waals surface area (Å²) in [6.45, 7) is 6.45. The van der Waals surface area contributed by atoms with Crippen LogP contribution in [0.1, 0.15) is 26.5 Å². The third kappa shape index (κ3) is 1.84. The van der Waals surface area contributed by atoms with Gasteiger partial charge in [-0.2, -0.15) is 0 Å². The van der Waals surface area contributed by atoms with Crippen LogP contribution in [0, 0.1) is 0 Å². The fourth-order valence-corrected chi connectivity index (χ4v) is 2.03. The van der Waals surface area contributed by atoms with Gasteiger partial charge in [-0.3, -0.25) is 4.98 Å². The van der Waals surface area contributed by atoms with E-state index in [0.29, 0.717) is 0 Å². The molecule has 0 fully saturated rings. The molecule has 0 unspecified atom stereocenters. The number of benzene rings is 1. The number of pyridine rings is 1. The molecule has 0 bridgehead atoms. The Bertz CT molecular complexity index is 492. The molecule has 2 heteroatoms. The number of halogens is 1. The van der Waals surface area contributed by atoms with Gasteiger partial charge < -0.3 is 0 Å². The maximum Gasteiger partial charge on any atom is 0.0550 e. The van der Waals surface area contributed by atoms with Gasteiger partial charge in [-0.05, 0) is 17.5 Å². The molecule has 0 saturated carbocycles. The second kappa shape index (κ2) is 3.49. The molecular formula is C13H14ClN. The summed E-state index contributed by atoms with van der Waals surface area (Å²) in [5.41, 5.74) is 1.08. The number of nitrogens with zero attached hydrogens (tertiary/aromatic N) is 1. The lowest BCUT2D eigenvalue weighted by atomic mass is 9.88. The molecule has 0 aliphatic heterocycles. The molecule has 0 aliphatic rings. The molecule has 1 aromatic carbocycles. The molecule has 0 spiro atoms. The van der Waals surface area contributed by atoms with Crippen LogP contribution in [-0.2, 0) is 5.41 Å². The van der Waals surface area contributed by atoms with Gasteiger partial charge in [-0.15, -0.1) is 0 Å². The predicted molar refractivity (Wildman–Crippen MR) is 65.5 cm³/mol. The predicted octanol–water partition coefficient (Wildman–Crippen LogP) is 4.19. The Morgan fingerprint density at radius 3 is 2.53 bits per heavy atom. The highest BCUT2D eigenvalue weighted by Gasteiger charge is 2.19. The molecule has 1 nitrogen and oxygen atoms in total. The van der Waals surface area contributed by atoms with Crippen molar-refractivity contribution < 1.29 is 0 Å². The first-order chi connectivity index (χ1) is 7.00. The van der Waals surface area contributed by atoms with Crippen LogP contribution in [-0.4, -0.2) is 4.98 Å². The summed E-state index contributed by atoms with van der Waals surface area (Å²) < 4.78 is 0. The molecule has 0 saturated heterocycles. The molecule has 2 aromatic rings. The summed E-state index contributed by atoms with van der Waals surface area (Å²) in [7, 11) is 0. The van der Waals surface area contributed by atoms with Gasteiger partial charge in [0.1, 0.15) is 0 Å². The largest absolute Gasteiger partial charge is 0.260 e. The van der Waals surface area contributed by atoms with Crippen LogP contribution in [0.25, 0.3) is 10.8 Å². The lowest BCUT2D eigenvalue weighted by Gasteiger charge is -2.20. The molecule has 0 radical (unpaired) electrons. The van der Waals surface area contributed by atoms with E-state index in [-0.39, 0.29) is 5.41 Å². The molecule has 0 atom stereocenters. The van der Waals surface area contributed by atoms with E-state index in [2.05, 4.69) is 31.8 Å². The zero-order valence-electron chi connectivity index (χ0n) is 9.21. The number of hydrogen-bond donors (Lipinski definition) is 0. The van der Waals surface area contributed by atoms with Crippen molar-refractivity contribution in [3.05, 3.63) is 41.2 Å². The minimum Gasteiger partial charge on any atom is -0.260 e. The summed E-state index contributed by atoms with van der Waals surface area (Å²) in [5.74, 6) is 0. The van der Waals surface area contributed by atoms with Crippen molar-refractivity contribution in [1.29, 1.82) is 0 Å². The minimum absolute atomic E-state index is 0.0184. The van der Waals surface area contributed by atoms with Crippen molar-refractivity contribution in [2.45, 2.75) is 26.2 Å². The average molecular weight is 220 g/mol. The van der Waals surface area contributed by atoms with Gasteiger partial charge in [-0.1, -0.05) is 44.5 Å². The molecular weight excluding hydrogens is 206 g/mol. The molecule has 15 heavy (non-hydrogen) atoms. The first-order valence-corrected chi connectivity index (χ1v) is 5.41. The fraction of sp³-hybridized carbons (Fsp3) is 0.308. The van der Waals surface area contributed by atoms with E-state index in [4.69, 9.17) is 11.6 Å². The van der Waals surface area contributed by atoms with Crippen molar-refractivity contribution in [2.24, 2.45) is 0 Å². The Kier molecular flexibility index (Phi) is 2.43. The lowest BCUT2D eigenvalue weighted by Crippen LogP contribution is -2.14. The third-order valence-electron chi connectivity index (χ3n) is 2.45. The number of aromatic nitrogens is 1. The molecule has 2 rings (SSSR count). The molecule has 1 aromatic heterocycles. The Labute approximate surface area is 95.1 Å². The Morgan fingerprint density at radius 2 is 1.87 bits per heavy atom. The van der Waals surface area contributed by atoms with E-state index in [1.165, 1.54) is 0 Å². The van der Waals surface area contributed by atoms with E-state index < -0.39 is 0 Å². The summed E-state index contributed by atoms with van der Waals surface area (Å²) in [5, 5.41) is 3.02. The van der Waals surface area contributed by atoms with Crippen molar-refractivity contribution in [1.82, 2.24) is 4.98 Å². The second-order valence-corrected chi connectivity index (χ2v) is 5.15. The van der Waals surface area contributed by atoms with E-state index in [1.807, 2.05) is 24.4 Å². The monoisotopic (exact) mass is 219 g/mol. The van der Waals surface area contributed by atoms with E-state index in [1.54, 1.807) is 0 Å². The van der Waals surface area contributed by atoms with Gasteiger partial charge >= 0.3 is 0 Å². The van der Waals surface area contributed by atoms with Crippen LogP contribution < -0.4 is 0 Å². The quantitative estimate of drug-likeness (QED) is 0.648. The third-order valence-corrected chi connectivity index (χ3v) is 2.77. The smallest absolute Gasteiger partial charge is 0.0550 e. The SMILES string of the molecule is CC(C)(C)c1nccc2cccc(Cl)c12. The van der Waals surface area contributed by atoms with Gasteiger partial charge in [0.05, 0.1) is 10.7 Å². The number of rotatable bonds is 0. The molecule has 78 valence electrons. The van der Waals surface area contributed by atoms with Crippen LogP contribution in [0.4, 0.5) is 0 Å². The first-order valence-electron chi connectivity index (χ1n) is 5.04. The van der Waals surface area contributed by atoms with Crippen LogP contribution >= 0.6 is 11.6 Å². The van der Waals surface area contributed by atoms with Crippen LogP contribution in [0.3, 0.4) is 0 Å². The number of fused-ring (bicyclic) bond motifs is 1. The Morgan fingerprint density at radius 1 is 1.13 bits per heavy atom. The zero-order chi connectivity index (χ0) is 11.1. The van der Waals surface area contributed by atoms with Crippen molar-refractivity contribution in [3.8, 4) is 0 Å². The van der Waals surface area contributed by atoms with Gasteiger partial charge in [0.2, 0.25) is 0 Å². The van der Waals surface area contributed by atoms with Gasteiger partial charge in [-0.25, -0.2) is 0 Å². The van der Waals surface area contributed by atoms with Crippen LogP contribution in [0.5, 0.6) is 0 Å². The van der Waals surface area contributed by atoms with Gasteiger partial charge in [0.15, 0.2) is 0 Å². The zero-order valence-corrected chi connectivity index (χ0v) is 9.97. The van der Waals surface area contributed by atoms with Crippen molar-refractivity contribution >= 4 is 22.4 Å². The molecule has 0 amide bonds. The highest BCUT2D eigenvalue weighted by Crippen LogP contribution is 2.32. The molecule has 0 N–H and O–H groups in total. The first kappa shape index (κ1) is 10.4. The van der Waals surface area contributed by atoms with Crippen LogP contribution in [0.2, 0.25) is 5.02 Å². The average Bonchev–Trinajstić information content (AvgIpc) is 2.16. The van der Waals surface area contributed by atoms with Crippen molar-refractivity contribution in [2.75, 3.05) is 0 Å². The Balaban J connectivity index is 2.86. The Hall–Kier alpha value is -1.08. The summed E-state index contributed by atoms with van der Waals surface area (Å²) in [6.07, 6.45) is 1.85. The van der Waals surface area contributed by atoms with E-state index in [9.17, 15) is 0 Å². The van der Waals surface area contributed by atoms with E-state index >= 15 is 0 Å². The highest BCUT2D eigenvalue weighted by atomic mass is 35.5. The molecule has 0 aliphatic carbocycles. The second-order valence-electron chi connectivity index (χ2n) is 4.75. The maximum absolute atomic E-state index is 6.23. The maximum atomic E-state index is 6.23. The normalized spacial score (nSPS) is 12.0. The van der Waals surface area contributed by atoms with Gasteiger partial charge in [0.25, 0.3) is 0 Å². The minimum atomic E-state index is 0.0184. The summed E-state index contributed by atoms with van der Waals surface area (Å²) in [6, 6.07) is 7.95. The summed E-state index contributed by atoms with van der Waals surface area (Å²) in [4.78, 5) is 4.45. The summed E-state index contributed by atoms with van der Waals surface area (Å²) >= 11 is 6.23. The lowest BCUT2D eigenvalue weighted by molar-refractivity contribution is 0.575. The topological polar surface area (TPSA) is 12.9 Å². The highest BCUT2D eigenvalue weighted by molar-refractivity contribution is 6.35. The molecule has 1 heterocycles. The fourth-order valence-electron chi connectivity index (χ4n) is 1.75. The van der Waals surface area contributed by atoms with E-state index in [0.717, 1.165) is 21.5 Å². The standard InChI is InChI=1S/C13H14ClN/c1-13(2,3)12-11-9(7-8-15-12)5-4-6-10(11)14/h4-8H,1-3H3. The van der Waals surface area contributed by atoms with Crippen LogP contribution in [0.15, 0.2) is 30.5 Å². The van der Waals surface area contributed by atoms with Crippen molar-refractivity contribution in [3.63, 3.8) is 0 Å². The van der Waals surface area contributed by atoms with Gasteiger partial charge in [0, 0.05) is 17.0 Å².